The molecule has 1 aliphatic heterocycles. The number of nitrogens with zero attached hydrogens (tertiary/aromatic N) is 1. The summed E-state index contributed by atoms with van der Waals surface area (Å²) in [5.74, 6) is 0.00816. The first-order valence-electron chi connectivity index (χ1n) is 12.8. The van der Waals surface area contributed by atoms with E-state index in [1.165, 1.54) is 17.0 Å². The van der Waals surface area contributed by atoms with Crippen molar-refractivity contribution in [2.45, 2.75) is 51.6 Å². The molecule has 1 N–H and O–H groups in total. The van der Waals surface area contributed by atoms with Crippen molar-refractivity contribution < 1.29 is 23.5 Å². The summed E-state index contributed by atoms with van der Waals surface area (Å²) in [4.78, 5) is 29.6. The van der Waals surface area contributed by atoms with E-state index >= 15 is 0 Å². The topological polar surface area (TPSA) is 67.9 Å². The number of carbonyl (C=O) groups is 2. The zero-order valence-corrected chi connectivity index (χ0v) is 21.1. The van der Waals surface area contributed by atoms with Crippen molar-refractivity contribution in [1.29, 1.82) is 0 Å². The highest BCUT2D eigenvalue weighted by Crippen LogP contribution is 2.35. The maximum absolute atomic E-state index is 14.2. The van der Waals surface area contributed by atoms with Gasteiger partial charge in [-0.3, -0.25) is 14.5 Å². The van der Waals surface area contributed by atoms with E-state index in [0.717, 1.165) is 36.8 Å². The number of ether oxygens (including phenoxy) is 2. The van der Waals surface area contributed by atoms with Gasteiger partial charge in [0, 0.05) is 17.3 Å². The van der Waals surface area contributed by atoms with Crippen LogP contribution in [-0.2, 0) is 4.79 Å². The van der Waals surface area contributed by atoms with Crippen LogP contribution in [0.4, 0.5) is 10.1 Å². The number of carbonyl (C=O) groups excluding carboxylic acids is 2. The standard InChI is InChI=1S/C30H31FN2O4/c1-19-7-13-25(17-20(19)2)33(30(35)22-10-14-26-27(18-22)37-16-15-36-26)28(21-8-11-23(31)12-9-21)29(34)32-24-5-3-4-6-24/h7-14,17-18,24,28H,3-6,15-16H2,1-2H3,(H,32,34)/t28-/m1/s1. The van der Waals surface area contributed by atoms with Crippen LogP contribution < -0.4 is 19.7 Å². The Bertz CT molecular complexity index is 1300. The van der Waals surface area contributed by atoms with Crippen LogP contribution in [-0.4, -0.2) is 31.1 Å². The molecular weight excluding hydrogens is 471 g/mol. The maximum Gasteiger partial charge on any atom is 0.259 e. The Labute approximate surface area is 216 Å². The van der Waals surface area contributed by atoms with Gasteiger partial charge in [0.2, 0.25) is 5.91 Å². The second kappa shape index (κ2) is 10.6. The molecule has 192 valence electrons. The van der Waals surface area contributed by atoms with Crippen molar-refractivity contribution >= 4 is 17.5 Å². The summed E-state index contributed by atoms with van der Waals surface area (Å²) < 4.78 is 25.2. The molecule has 0 bridgehead atoms. The number of amides is 2. The molecule has 3 aromatic rings. The van der Waals surface area contributed by atoms with Crippen molar-refractivity contribution in [3.63, 3.8) is 0 Å². The zero-order chi connectivity index (χ0) is 25.9. The lowest BCUT2D eigenvalue weighted by molar-refractivity contribution is -0.123. The highest BCUT2D eigenvalue weighted by Gasteiger charge is 2.35. The highest BCUT2D eigenvalue weighted by atomic mass is 19.1. The summed E-state index contributed by atoms with van der Waals surface area (Å²) in [7, 11) is 0. The van der Waals surface area contributed by atoms with Crippen LogP contribution in [0, 0.1) is 19.7 Å². The lowest BCUT2D eigenvalue weighted by Gasteiger charge is -2.33. The summed E-state index contributed by atoms with van der Waals surface area (Å²) in [6.07, 6.45) is 3.93. The van der Waals surface area contributed by atoms with Crippen LogP contribution >= 0.6 is 0 Å². The number of aryl methyl sites for hydroxylation is 2. The smallest absolute Gasteiger partial charge is 0.259 e. The average molecular weight is 503 g/mol. The van der Waals surface area contributed by atoms with Gasteiger partial charge in [0.05, 0.1) is 0 Å². The Morgan fingerprint density at radius 1 is 0.892 bits per heavy atom. The second-order valence-electron chi connectivity index (χ2n) is 9.75. The third kappa shape index (κ3) is 5.31. The Hall–Kier alpha value is -3.87. The molecule has 1 atom stereocenters. The number of benzene rings is 3. The van der Waals surface area contributed by atoms with Gasteiger partial charge in [0.25, 0.3) is 5.91 Å². The van der Waals surface area contributed by atoms with Crippen LogP contribution in [0.25, 0.3) is 0 Å². The van der Waals surface area contributed by atoms with E-state index in [-0.39, 0.29) is 17.9 Å². The fourth-order valence-corrected chi connectivity index (χ4v) is 4.99. The fourth-order valence-electron chi connectivity index (χ4n) is 4.99. The first-order chi connectivity index (χ1) is 17.9. The zero-order valence-electron chi connectivity index (χ0n) is 21.1. The van der Waals surface area contributed by atoms with E-state index in [4.69, 9.17) is 9.47 Å². The molecule has 7 heteroatoms. The van der Waals surface area contributed by atoms with Gasteiger partial charge in [0.1, 0.15) is 25.1 Å². The van der Waals surface area contributed by atoms with Crippen molar-refractivity contribution in [3.8, 4) is 11.5 Å². The number of halogens is 1. The molecule has 0 spiro atoms. The summed E-state index contributed by atoms with van der Waals surface area (Å²) in [5.41, 5.74) is 3.54. The Morgan fingerprint density at radius 2 is 1.59 bits per heavy atom. The first kappa shape index (κ1) is 24.8. The van der Waals surface area contributed by atoms with Gasteiger partial charge < -0.3 is 14.8 Å². The Balaban J connectivity index is 1.62. The molecule has 1 saturated carbocycles. The molecule has 0 unspecified atom stereocenters. The molecule has 0 radical (unpaired) electrons. The summed E-state index contributed by atoms with van der Waals surface area (Å²) >= 11 is 0. The normalized spacial score (nSPS) is 15.8. The highest BCUT2D eigenvalue weighted by molar-refractivity contribution is 6.10. The van der Waals surface area contributed by atoms with Crippen molar-refractivity contribution in [2.24, 2.45) is 0 Å². The first-order valence-corrected chi connectivity index (χ1v) is 12.8. The van der Waals surface area contributed by atoms with E-state index in [9.17, 15) is 14.0 Å². The predicted octanol–water partition coefficient (Wildman–Crippen LogP) is 5.66. The van der Waals surface area contributed by atoms with Crippen LogP contribution in [0.5, 0.6) is 11.5 Å². The second-order valence-corrected chi connectivity index (χ2v) is 9.75. The summed E-state index contributed by atoms with van der Waals surface area (Å²) in [6, 6.07) is 15.6. The van der Waals surface area contributed by atoms with Gasteiger partial charge in [-0.1, -0.05) is 31.0 Å². The molecule has 0 aromatic heterocycles. The molecule has 1 aliphatic carbocycles. The van der Waals surface area contributed by atoms with Gasteiger partial charge in [-0.2, -0.15) is 0 Å². The Morgan fingerprint density at radius 3 is 2.30 bits per heavy atom. The minimum atomic E-state index is -0.996. The molecule has 0 saturated heterocycles. The largest absolute Gasteiger partial charge is 0.486 e. The number of rotatable bonds is 6. The van der Waals surface area contributed by atoms with Crippen molar-refractivity contribution in [2.75, 3.05) is 18.1 Å². The molecule has 1 heterocycles. The summed E-state index contributed by atoms with van der Waals surface area (Å²) in [6.45, 7) is 4.81. The number of fused-ring (bicyclic) bond motifs is 1. The van der Waals surface area contributed by atoms with Crippen LogP contribution in [0.3, 0.4) is 0 Å². The molecular formula is C30H31FN2O4. The van der Waals surface area contributed by atoms with E-state index in [2.05, 4.69) is 5.32 Å². The molecule has 2 amide bonds. The van der Waals surface area contributed by atoms with Gasteiger partial charge in [0.15, 0.2) is 11.5 Å². The molecule has 2 aliphatic rings. The number of hydrogen-bond donors (Lipinski definition) is 1. The molecule has 5 rings (SSSR count). The van der Waals surface area contributed by atoms with Crippen molar-refractivity contribution in [1.82, 2.24) is 5.32 Å². The van der Waals surface area contributed by atoms with Gasteiger partial charge in [-0.15, -0.1) is 0 Å². The monoisotopic (exact) mass is 502 g/mol. The van der Waals surface area contributed by atoms with Crippen LogP contribution in [0.2, 0.25) is 0 Å². The number of nitrogens with one attached hydrogen (secondary N) is 1. The maximum atomic E-state index is 14.2. The van der Waals surface area contributed by atoms with Gasteiger partial charge in [-0.05, 0) is 85.8 Å². The lowest BCUT2D eigenvalue weighted by Crippen LogP contribution is -2.46. The van der Waals surface area contributed by atoms with E-state index in [1.54, 1.807) is 30.3 Å². The summed E-state index contributed by atoms with van der Waals surface area (Å²) in [5, 5.41) is 3.15. The molecule has 6 nitrogen and oxygen atoms in total. The predicted molar refractivity (Wildman–Crippen MR) is 140 cm³/mol. The third-order valence-electron chi connectivity index (χ3n) is 7.17. The van der Waals surface area contributed by atoms with E-state index in [1.807, 2.05) is 32.0 Å². The van der Waals surface area contributed by atoms with Crippen LogP contribution in [0.15, 0.2) is 60.7 Å². The van der Waals surface area contributed by atoms with Crippen molar-refractivity contribution in [3.05, 3.63) is 88.7 Å². The molecule has 1 fully saturated rings. The minimum Gasteiger partial charge on any atom is -0.486 e. The lowest BCUT2D eigenvalue weighted by atomic mass is 9.99. The van der Waals surface area contributed by atoms with E-state index < -0.39 is 11.9 Å². The van der Waals surface area contributed by atoms with Crippen LogP contribution in [0.1, 0.15) is 58.8 Å². The number of anilines is 1. The third-order valence-corrected chi connectivity index (χ3v) is 7.17. The molecule has 37 heavy (non-hydrogen) atoms. The molecule has 3 aromatic carbocycles. The quantitative estimate of drug-likeness (QED) is 0.472. The van der Waals surface area contributed by atoms with Gasteiger partial charge in [-0.25, -0.2) is 4.39 Å². The SMILES string of the molecule is Cc1ccc(N(C(=O)c2ccc3c(c2)OCCO3)[C@@H](C(=O)NC2CCCC2)c2ccc(F)cc2)cc1C. The average Bonchev–Trinajstić information content (AvgIpc) is 3.42. The Kier molecular flexibility index (Phi) is 7.12. The minimum absolute atomic E-state index is 0.0569. The number of hydrogen-bond acceptors (Lipinski definition) is 4. The fraction of sp³-hybridized carbons (Fsp3) is 0.333. The van der Waals surface area contributed by atoms with E-state index in [0.29, 0.717) is 41.5 Å². The van der Waals surface area contributed by atoms with Gasteiger partial charge >= 0.3 is 0 Å².